The quantitative estimate of drug-likeness (QED) is 0.0233. The van der Waals surface area contributed by atoms with E-state index in [1.54, 1.807) is 0 Å². The van der Waals surface area contributed by atoms with E-state index < -0.39 is 187 Å². The van der Waals surface area contributed by atoms with Gasteiger partial charge in [-0.1, -0.05) is 0 Å². The van der Waals surface area contributed by atoms with Crippen LogP contribution in [0.4, 0.5) is 74.6 Å². The Morgan fingerprint density at radius 1 is 0.625 bits per heavy atom. The predicted molar refractivity (Wildman–Crippen MR) is 190 cm³/mol. The zero-order valence-electron chi connectivity index (χ0n) is 35.2. The van der Waals surface area contributed by atoms with E-state index in [1.807, 2.05) is 0 Å². The summed E-state index contributed by atoms with van der Waals surface area (Å²) in [5, 5.41) is 54.2. The molecule has 20 nitrogen and oxygen atoms in total. The summed E-state index contributed by atoms with van der Waals surface area (Å²) >= 11 is 0. The number of nitrogens with zero attached hydrogens (tertiary/aromatic N) is 1. The van der Waals surface area contributed by atoms with Gasteiger partial charge in [0.15, 0.2) is 12.6 Å². The van der Waals surface area contributed by atoms with E-state index in [-0.39, 0.29) is 5.75 Å². The summed E-state index contributed by atoms with van der Waals surface area (Å²) in [5.74, 6) is -58.8. The summed E-state index contributed by atoms with van der Waals surface area (Å²) in [6.07, 6.45) is -31.1. The number of aliphatic imine (C=N–C) groups is 1. The van der Waals surface area contributed by atoms with Crippen molar-refractivity contribution in [1.29, 1.82) is 0 Å². The van der Waals surface area contributed by atoms with Crippen LogP contribution in [0.1, 0.15) is 19.8 Å². The molecule has 0 amide bonds. The number of alkyl halides is 17. The van der Waals surface area contributed by atoms with Crippen LogP contribution in [0.15, 0.2) is 29.3 Å². The first-order valence-electron chi connectivity index (χ1n) is 19.2. The lowest BCUT2D eigenvalue weighted by Gasteiger charge is -2.46. The second-order valence-corrected chi connectivity index (χ2v) is 17.1. The average Bonchev–Trinajstić information content (AvgIpc) is 3.23. The van der Waals surface area contributed by atoms with Crippen LogP contribution in [0.5, 0.6) is 11.5 Å². The fraction of sp³-hybridized carbons (Fsp3) is 0.788. The third-order valence-electron chi connectivity index (χ3n) is 9.84. The van der Waals surface area contributed by atoms with Crippen LogP contribution in [-0.4, -0.2) is 194 Å². The molecule has 0 aromatic heterocycles. The summed E-state index contributed by atoms with van der Waals surface area (Å²) in [7, 11) is -10.7. The Kier molecular flexibility index (Phi) is 19.5. The molecular weight excluding hydrogens is 1100 g/mol. The SMILES string of the molecule is CC([O-])=N[C@H]1[C@H](OCCOc2ccc(OCCCC(F)(F)C(F)(F)C(F)(F)C(F)(F)C(F)(F)C(F)(F)C(F)(F)C(F)(F)F)cc2)O[C@H](COS(=O)(=O)O)[C@@H](O[C@@H]2O[C@H](COS(=O)(=O)[O-])[C@H](O)[C@H](O)[C@H]2O)[C@@H]1O. The van der Waals surface area contributed by atoms with Crippen LogP contribution in [0.2, 0.25) is 0 Å². The van der Waals surface area contributed by atoms with E-state index in [0.29, 0.717) is 0 Å². The molecule has 0 bridgehead atoms. The van der Waals surface area contributed by atoms with Gasteiger partial charge in [0.05, 0.1) is 26.4 Å². The number of aliphatic hydroxyl groups excluding tert-OH is 4. The maximum absolute atomic E-state index is 14.2. The van der Waals surface area contributed by atoms with Crippen molar-refractivity contribution in [3.05, 3.63) is 24.3 Å². The minimum absolute atomic E-state index is 0.145. The van der Waals surface area contributed by atoms with Gasteiger partial charge < -0.3 is 58.5 Å². The molecule has 2 heterocycles. The minimum atomic E-state index is -8.76. The van der Waals surface area contributed by atoms with Crippen molar-refractivity contribution < 1.29 is 163 Å². The van der Waals surface area contributed by atoms with Crippen LogP contribution in [0.25, 0.3) is 0 Å². The highest BCUT2D eigenvalue weighted by Crippen LogP contribution is 2.64. The van der Waals surface area contributed by atoms with Crippen LogP contribution in [0, 0.1) is 0 Å². The van der Waals surface area contributed by atoms with Crippen LogP contribution >= 0.6 is 0 Å². The van der Waals surface area contributed by atoms with E-state index in [4.69, 9.17) is 33.0 Å². The highest BCUT2D eigenvalue weighted by atomic mass is 32.3. The Morgan fingerprint density at radius 3 is 1.56 bits per heavy atom. The number of benzene rings is 1. The first-order chi connectivity index (χ1) is 32.4. The topological polar surface area (TPSA) is 302 Å². The van der Waals surface area contributed by atoms with E-state index in [0.717, 1.165) is 31.2 Å². The van der Waals surface area contributed by atoms with Gasteiger partial charge in [0.2, 0.25) is 10.4 Å². The molecule has 0 radical (unpaired) electrons. The van der Waals surface area contributed by atoms with Gasteiger partial charge in [-0.25, -0.2) is 12.6 Å². The van der Waals surface area contributed by atoms with Crippen molar-refractivity contribution in [3.63, 3.8) is 0 Å². The Morgan fingerprint density at radius 2 is 1.08 bits per heavy atom. The molecular formula is C33H36F17NO19S2-2. The molecule has 2 aliphatic heterocycles. The third-order valence-corrected chi connectivity index (χ3v) is 10.7. The summed E-state index contributed by atoms with van der Waals surface area (Å²) in [6.45, 7) is -4.09. The highest BCUT2D eigenvalue weighted by Gasteiger charge is 2.95. The van der Waals surface area contributed by atoms with Gasteiger partial charge in [0.25, 0.3) is 0 Å². The molecule has 2 fully saturated rings. The fourth-order valence-electron chi connectivity index (χ4n) is 6.11. The number of hydrogen-bond donors (Lipinski definition) is 5. The third kappa shape index (κ3) is 13.7. The molecule has 1 aromatic rings. The smallest absolute Gasteiger partial charge is 0.460 e. The molecule has 0 saturated carbocycles. The standard InChI is InChI=1S/C33H38F17NO19S2/c1-13(52)51-18-20(54)23(70-25-22(56)21(55)19(53)16(68-25)11-66-71(57,58)59)17(12-67-72(60,61)62)69-24(18)65-10-9-64-15-5-3-14(4-6-15)63-8-2-7-26(34,35)27(36,37)28(38,39)29(40,41)30(42,43)31(44,45)32(46,47)33(48,49)50/h3-6,16-25,53-56H,2,7-12H2,1H3,(H,51,52)(H,57,58,59)(H,60,61,62)/p-2/t16-,17-,18-,19+,20-,21+,22-,23-,24-,25+/m1/s1. The average molecular weight is 1140 g/mol. The predicted octanol–water partition coefficient (Wildman–Crippen LogP) is 1.97. The minimum Gasteiger partial charge on any atom is -0.862 e. The highest BCUT2D eigenvalue weighted by molar-refractivity contribution is 7.81. The van der Waals surface area contributed by atoms with Crippen molar-refractivity contribution >= 4 is 26.7 Å². The van der Waals surface area contributed by atoms with Crippen LogP contribution < -0.4 is 14.6 Å². The molecule has 2 aliphatic rings. The normalized spacial score (nSPS) is 27.2. The molecule has 39 heteroatoms. The Labute approximate surface area is 392 Å². The van der Waals surface area contributed by atoms with Gasteiger partial charge in [-0.3, -0.25) is 13.7 Å². The van der Waals surface area contributed by atoms with Crippen LogP contribution in [0.3, 0.4) is 0 Å². The molecule has 5 N–H and O–H groups in total. The van der Waals surface area contributed by atoms with Gasteiger partial charge >= 0.3 is 58.0 Å². The van der Waals surface area contributed by atoms with Gasteiger partial charge in [-0.2, -0.15) is 83.1 Å². The number of ether oxygens (including phenoxy) is 6. The molecule has 2 saturated heterocycles. The first kappa shape index (κ1) is 62.8. The fourth-order valence-corrected chi connectivity index (χ4v) is 6.72. The largest absolute Gasteiger partial charge is 0.862 e. The number of rotatable bonds is 25. The number of hydrogen-bond acceptors (Lipinski definition) is 19. The zero-order valence-corrected chi connectivity index (χ0v) is 36.8. The van der Waals surface area contributed by atoms with E-state index in [2.05, 4.69) is 13.4 Å². The van der Waals surface area contributed by atoms with Crippen molar-refractivity contribution in [1.82, 2.24) is 0 Å². The van der Waals surface area contributed by atoms with Crippen LogP contribution in [-0.2, 0) is 48.1 Å². The second kappa shape index (κ2) is 22.4. The summed E-state index contributed by atoms with van der Waals surface area (Å²) < 4.78 is 335. The van der Waals surface area contributed by atoms with Crippen molar-refractivity contribution in [2.45, 2.75) is 129 Å². The molecule has 3 rings (SSSR count). The Hall–Kier alpha value is -3.48. The molecule has 1 aromatic carbocycles. The van der Waals surface area contributed by atoms with Gasteiger partial charge in [-0.15, -0.1) is 0 Å². The van der Waals surface area contributed by atoms with Gasteiger partial charge in [0, 0.05) is 6.42 Å². The first-order valence-corrected chi connectivity index (χ1v) is 21.9. The molecule has 10 atom stereocenters. The van der Waals surface area contributed by atoms with Gasteiger partial charge in [0.1, 0.15) is 66.9 Å². The van der Waals surface area contributed by atoms with E-state index in [1.165, 1.54) is 0 Å². The number of halogens is 17. The maximum atomic E-state index is 14.2. The molecule has 0 spiro atoms. The van der Waals surface area contributed by atoms with Crippen molar-refractivity contribution in [3.8, 4) is 11.5 Å². The van der Waals surface area contributed by atoms with Crippen molar-refractivity contribution in [2.24, 2.45) is 4.99 Å². The monoisotopic (exact) mass is 1140 g/mol. The molecule has 0 unspecified atom stereocenters. The lowest BCUT2D eigenvalue weighted by Crippen LogP contribution is -2.74. The lowest BCUT2D eigenvalue weighted by atomic mass is 9.88. The van der Waals surface area contributed by atoms with E-state index >= 15 is 0 Å². The van der Waals surface area contributed by atoms with E-state index in [9.17, 15) is 122 Å². The Bertz CT molecular complexity index is 2210. The summed E-state index contributed by atoms with van der Waals surface area (Å²) in [4.78, 5) is 3.61. The summed E-state index contributed by atoms with van der Waals surface area (Å²) in [5.41, 5.74) is 0. The molecule has 420 valence electrons. The van der Waals surface area contributed by atoms with Gasteiger partial charge in [-0.05, 0) is 43.5 Å². The van der Waals surface area contributed by atoms with Crippen molar-refractivity contribution in [2.75, 3.05) is 33.0 Å². The number of aliphatic hydroxyl groups is 4. The Balaban J connectivity index is 1.65. The molecule has 0 aliphatic carbocycles. The maximum Gasteiger partial charge on any atom is 0.460 e. The zero-order chi connectivity index (χ0) is 55.6. The second-order valence-electron chi connectivity index (χ2n) is 15.0. The lowest BCUT2D eigenvalue weighted by molar-refractivity contribution is -0.461. The molecule has 72 heavy (non-hydrogen) atoms. The summed E-state index contributed by atoms with van der Waals surface area (Å²) in [6, 6.07) is 2.00.